The Labute approximate surface area is 110 Å². The molecule has 1 aromatic carbocycles. The molecule has 0 amide bonds. The van der Waals surface area contributed by atoms with Crippen molar-refractivity contribution in [1.82, 2.24) is 0 Å². The summed E-state index contributed by atoms with van der Waals surface area (Å²) in [6.45, 7) is 3.62. The highest BCUT2D eigenvalue weighted by Crippen LogP contribution is 2.40. The van der Waals surface area contributed by atoms with Gasteiger partial charge in [0.25, 0.3) is 5.69 Å². The van der Waals surface area contributed by atoms with Gasteiger partial charge in [-0.15, -0.1) is 0 Å². The maximum atomic E-state index is 11.1. The van der Waals surface area contributed by atoms with E-state index in [4.69, 9.17) is 15.2 Å². The minimum atomic E-state index is -0.876. The number of rotatable bonds is 4. The maximum Gasteiger partial charge on any atom is 0.278 e. The zero-order valence-corrected chi connectivity index (χ0v) is 10.7. The number of nitrogens with two attached hydrogens (primary N) is 1. The molecule has 0 aliphatic carbocycles. The van der Waals surface area contributed by atoms with Crippen molar-refractivity contribution < 1.29 is 19.5 Å². The molecule has 1 aromatic rings. The molecule has 0 radical (unpaired) electrons. The highest BCUT2D eigenvalue weighted by atomic mass is 16.7. The molecule has 0 fully saturated rings. The van der Waals surface area contributed by atoms with Gasteiger partial charge < -0.3 is 20.3 Å². The lowest BCUT2D eigenvalue weighted by molar-refractivity contribution is -0.385. The van der Waals surface area contributed by atoms with Gasteiger partial charge in [-0.05, 0) is 12.0 Å². The van der Waals surface area contributed by atoms with Crippen LogP contribution in [0.4, 0.5) is 5.69 Å². The number of nitro groups is 1. The molecule has 1 aliphatic rings. The first-order valence-electron chi connectivity index (χ1n) is 5.93. The number of nitrogens with zero attached hydrogens (tertiary/aromatic N) is 1. The number of aliphatic hydroxyl groups excluding tert-OH is 1. The second-order valence-corrected chi connectivity index (χ2v) is 4.78. The van der Waals surface area contributed by atoms with Gasteiger partial charge >= 0.3 is 0 Å². The van der Waals surface area contributed by atoms with Crippen LogP contribution in [0.25, 0.3) is 0 Å². The average molecular weight is 268 g/mol. The highest BCUT2D eigenvalue weighted by Gasteiger charge is 2.30. The van der Waals surface area contributed by atoms with Gasteiger partial charge in [-0.25, -0.2) is 0 Å². The van der Waals surface area contributed by atoms with E-state index in [1.165, 1.54) is 12.1 Å². The molecule has 2 rings (SSSR count). The molecule has 0 bridgehead atoms. The highest BCUT2D eigenvalue weighted by molar-refractivity contribution is 5.56. The second-order valence-electron chi connectivity index (χ2n) is 4.78. The Morgan fingerprint density at radius 1 is 1.37 bits per heavy atom. The van der Waals surface area contributed by atoms with Gasteiger partial charge in [-0.2, -0.15) is 0 Å². The first kappa shape index (κ1) is 13.6. The van der Waals surface area contributed by atoms with Crippen LogP contribution in [0.15, 0.2) is 12.1 Å². The first-order chi connectivity index (χ1) is 8.91. The fourth-order valence-corrected chi connectivity index (χ4v) is 1.97. The number of fused-ring (bicyclic) bond motifs is 1. The van der Waals surface area contributed by atoms with Crippen molar-refractivity contribution in [3.8, 4) is 11.5 Å². The number of ether oxygens (including phenoxy) is 2. The van der Waals surface area contributed by atoms with Crippen LogP contribution in [0.2, 0.25) is 0 Å². The van der Waals surface area contributed by atoms with E-state index in [1.54, 1.807) is 13.8 Å². The molecule has 0 unspecified atom stereocenters. The Bertz CT molecular complexity index is 503. The SMILES string of the molecule is CC(C)[C@@H](O)[C@@H](N)c1cc2c(cc1[N+](=O)[O-])OCO2. The van der Waals surface area contributed by atoms with Crippen molar-refractivity contribution in [3.63, 3.8) is 0 Å². The normalized spacial score (nSPS) is 16.5. The van der Waals surface area contributed by atoms with E-state index in [0.717, 1.165) is 0 Å². The second kappa shape index (κ2) is 5.02. The van der Waals surface area contributed by atoms with Gasteiger partial charge in [0.2, 0.25) is 6.79 Å². The van der Waals surface area contributed by atoms with Crippen molar-refractivity contribution >= 4 is 5.69 Å². The molecule has 0 saturated heterocycles. The van der Waals surface area contributed by atoms with Gasteiger partial charge in [0, 0.05) is 0 Å². The van der Waals surface area contributed by atoms with Crippen molar-refractivity contribution in [2.24, 2.45) is 11.7 Å². The Kier molecular flexibility index (Phi) is 3.59. The topological polar surface area (TPSA) is 108 Å². The van der Waals surface area contributed by atoms with E-state index in [2.05, 4.69) is 0 Å². The fourth-order valence-electron chi connectivity index (χ4n) is 1.97. The van der Waals surface area contributed by atoms with E-state index >= 15 is 0 Å². The Morgan fingerprint density at radius 3 is 2.47 bits per heavy atom. The third-order valence-corrected chi connectivity index (χ3v) is 3.13. The molecule has 104 valence electrons. The summed E-state index contributed by atoms with van der Waals surface area (Å²) >= 11 is 0. The summed E-state index contributed by atoms with van der Waals surface area (Å²) in [5, 5.41) is 21.1. The van der Waals surface area contributed by atoms with Crippen LogP contribution in [0.1, 0.15) is 25.5 Å². The molecule has 0 spiro atoms. The van der Waals surface area contributed by atoms with Crippen LogP contribution in [0.5, 0.6) is 11.5 Å². The molecule has 7 nitrogen and oxygen atoms in total. The lowest BCUT2D eigenvalue weighted by Gasteiger charge is -2.22. The van der Waals surface area contributed by atoms with Gasteiger partial charge in [0.05, 0.1) is 28.7 Å². The molecule has 19 heavy (non-hydrogen) atoms. The van der Waals surface area contributed by atoms with Gasteiger partial charge in [-0.1, -0.05) is 13.8 Å². The van der Waals surface area contributed by atoms with Gasteiger partial charge in [0.1, 0.15) is 0 Å². The Hall–Kier alpha value is -1.86. The number of benzene rings is 1. The summed E-state index contributed by atoms with van der Waals surface area (Å²) < 4.78 is 10.3. The summed E-state index contributed by atoms with van der Waals surface area (Å²) in [6.07, 6.45) is -0.876. The molecular weight excluding hydrogens is 252 g/mol. The van der Waals surface area contributed by atoms with Crippen LogP contribution in [-0.2, 0) is 0 Å². The predicted octanol–water partition coefficient (Wildman–Crippen LogP) is 1.34. The Balaban J connectivity index is 2.46. The molecule has 2 atom stereocenters. The molecule has 7 heteroatoms. The lowest BCUT2D eigenvalue weighted by atomic mass is 9.93. The van der Waals surface area contributed by atoms with E-state index in [-0.39, 0.29) is 24.0 Å². The third-order valence-electron chi connectivity index (χ3n) is 3.13. The summed E-state index contributed by atoms with van der Waals surface area (Å²) in [5.74, 6) is 0.619. The number of hydrogen-bond donors (Lipinski definition) is 2. The average Bonchev–Trinajstić information content (AvgIpc) is 2.82. The van der Waals surface area contributed by atoms with Gasteiger partial charge in [0.15, 0.2) is 11.5 Å². The largest absolute Gasteiger partial charge is 0.454 e. The van der Waals surface area contributed by atoms with Crippen molar-refractivity contribution in [2.45, 2.75) is 26.0 Å². The van der Waals surface area contributed by atoms with E-state index < -0.39 is 17.1 Å². The van der Waals surface area contributed by atoms with Crippen LogP contribution >= 0.6 is 0 Å². The van der Waals surface area contributed by atoms with Crippen LogP contribution in [-0.4, -0.2) is 22.9 Å². The summed E-state index contributed by atoms with van der Waals surface area (Å²) in [7, 11) is 0. The molecular formula is C12H16N2O5. The number of hydrogen-bond acceptors (Lipinski definition) is 6. The molecule has 0 aromatic heterocycles. The summed E-state index contributed by atoms with van der Waals surface area (Å²) in [6, 6.07) is 1.90. The number of nitro benzene ring substituents is 1. The van der Waals surface area contributed by atoms with Crippen LogP contribution in [0, 0.1) is 16.0 Å². The number of aliphatic hydroxyl groups is 1. The fraction of sp³-hybridized carbons (Fsp3) is 0.500. The molecule has 3 N–H and O–H groups in total. The van der Waals surface area contributed by atoms with Crippen LogP contribution in [0.3, 0.4) is 0 Å². The zero-order valence-electron chi connectivity index (χ0n) is 10.7. The van der Waals surface area contributed by atoms with E-state index in [0.29, 0.717) is 11.5 Å². The maximum absolute atomic E-state index is 11.1. The van der Waals surface area contributed by atoms with Gasteiger partial charge in [-0.3, -0.25) is 10.1 Å². The van der Waals surface area contributed by atoms with Crippen LogP contribution < -0.4 is 15.2 Å². The lowest BCUT2D eigenvalue weighted by Crippen LogP contribution is -2.31. The first-order valence-corrected chi connectivity index (χ1v) is 5.93. The smallest absolute Gasteiger partial charge is 0.278 e. The summed E-state index contributed by atoms with van der Waals surface area (Å²) in [5.41, 5.74) is 6.00. The third kappa shape index (κ3) is 2.47. The van der Waals surface area contributed by atoms with Crippen molar-refractivity contribution in [2.75, 3.05) is 6.79 Å². The molecule has 0 saturated carbocycles. The minimum Gasteiger partial charge on any atom is -0.454 e. The predicted molar refractivity (Wildman–Crippen MR) is 67.0 cm³/mol. The quantitative estimate of drug-likeness (QED) is 0.630. The summed E-state index contributed by atoms with van der Waals surface area (Å²) in [4.78, 5) is 10.6. The zero-order chi connectivity index (χ0) is 14.2. The van der Waals surface area contributed by atoms with E-state index in [1.807, 2.05) is 0 Å². The van der Waals surface area contributed by atoms with Crippen molar-refractivity contribution in [3.05, 3.63) is 27.8 Å². The molecule has 1 heterocycles. The minimum absolute atomic E-state index is 0.0257. The molecule has 1 aliphatic heterocycles. The monoisotopic (exact) mass is 268 g/mol. The standard InChI is InChI=1S/C12H16N2O5/c1-6(2)12(15)11(13)7-3-9-10(19-5-18-9)4-8(7)14(16)17/h3-4,6,11-12,15H,5,13H2,1-2H3/t11-,12+/m0/s1. The Morgan fingerprint density at radius 2 is 1.95 bits per heavy atom. The van der Waals surface area contributed by atoms with Crippen molar-refractivity contribution in [1.29, 1.82) is 0 Å². The van der Waals surface area contributed by atoms with E-state index in [9.17, 15) is 15.2 Å².